The lowest BCUT2D eigenvalue weighted by Gasteiger charge is -2.41. The molecule has 0 aliphatic carbocycles. The lowest BCUT2D eigenvalue weighted by molar-refractivity contribution is -0.298. The number of nitrogens with one attached hydrogen (secondary N) is 1. The zero-order chi connectivity index (χ0) is 43.4. The summed E-state index contributed by atoms with van der Waals surface area (Å²) in [7, 11) is -5.08. The second-order valence-corrected chi connectivity index (χ2v) is 18.1. The van der Waals surface area contributed by atoms with E-state index in [0.717, 1.165) is 38.5 Å². The number of unbranched alkanes of at least 4 members (excludes halogenated alkanes) is 29. The van der Waals surface area contributed by atoms with Crippen LogP contribution in [0.3, 0.4) is 0 Å². The van der Waals surface area contributed by atoms with Crippen LogP contribution in [0, 0.1) is 0 Å². The van der Waals surface area contributed by atoms with Crippen LogP contribution in [0.4, 0.5) is 0 Å². The van der Waals surface area contributed by atoms with Gasteiger partial charge in [-0.3, -0.25) is 9.35 Å². The Morgan fingerprint density at radius 1 is 0.661 bits per heavy atom. The maximum atomic E-state index is 13.0. The molecule has 0 aromatic carbocycles. The summed E-state index contributed by atoms with van der Waals surface area (Å²) in [6, 6.07) is -0.938. The first-order valence-electron chi connectivity index (χ1n) is 24.1. The fraction of sp³-hybridized carbons (Fsp3) is 0.935. The number of aliphatic hydroxyl groups is 4. The van der Waals surface area contributed by atoms with Gasteiger partial charge in [-0.2, -0.15) is 8.42 Å². The Kier molecular flexibility index (Phi) is 35.4. The van der Waals surface area contributed by atoms with E-state index >= 15 is 0 Å². The zero-order valence-electron chi connectivity index (χ0n) is 37.3. The molecule has 0 saturated carbocycles. The van der Waals surface area contributed by atoms with Crippen molar-refractivity contribution in [1.29, 1.82) is 0 Å². The number of ether oxygens (including phenoxy) is 2. The van der Waals surface area contributed by atoms with E-state index in [0.29, 0.717) is 6.42 Å². The van der Waals surface area contributed by atoms with E-state index in [2.05, 4.69) is 23.3 Å². The highest BCUT2D eigenvalue weighted by atomic mass is 32.3. The normalized spacial score (nSPS) is 21.0. The summed E-state index contributed by atoms with van der Waals surface area (Å²) in [6.07, 6.45) is 32.4. The van der Waals surface area contributed by atoms with Gasteiger partial charge in [0.1, 0.15) is 24.4 Å². The van der Waals surface area contributed by atoms with Crippen molar-refractivity contribution in [3.63, 3.8) is 0 Å². The second kappa shape index (κ2) is 37.4. The predicted molar refractivity (Wildman–Crippen MR) is 236 cm³/mol. The van der Waals surface area contributed by atoms with Crippen LogP contribution in [0.1, 0.15) is 219 Å². The molecule has 1 aliphatic rings. The number of rotatable bonds is 41. The van der Waals surface area contributed by atoms with Gasteiger partial charge in [0.15, 0.2) is 6.29 Å². The molecule has 7 unspecified atom stereocenters. The van der Waals surface area contributed by atoms with E-state index < -0.39 is 59.9 Å². The van der Waals surface area contributed by atoms with E-state index in [4.69, 9.17) is 9.47 Å². The van der Waals surface area contributed by atoms with Gasteiger partial charge in [0, 0.05) is 6.42 Å². The van der Waals surface area contributed by atoms with Crippen LogP contribution in [0.25, 0.3) is 0 Å². The molecule has 12 nitrogen and oxygen atoms in total. The summed E-state index contributed by atoms with van der Waals surface area (Å²) >= 11 is 0. The minimum Gasteiger partial charge on any atom is -0.394 e. The molecule has 1 saturated heterocycles. The van der Waals surface area contributed by atoms with E-state index in [9.17, 15) is 38.2 Å². The van der Waals surface area contributed by atoms with Gasteiger partial charge in [0.25, 0.3) is 0 Å². The zero-order valence-corrected chi connectivity index (χ0v) is 38.1. The van der Waals surface area contributed by atoms with Gasteiger partial charge >= 0.3 is 10.4 Å². The van der Waals surface area contributed by atoms with Crippen LogP contribution in [-0.2, 0) is 28.9 Å². The van der Waals surface area contributed by atoms with Crippen molar-refractivity contribution in [3.8, 4) is 0 Å². The molecule has 0 spiro atoms. The largest absolute Gasteiger partial charge is 0.397 e. The van der Waals surface area contributed by atoms with Crippen LogP contribution in [0.2, 0.25) is 0 Å². The van der Waals surface area contributed by atoms with Crippen molar-refractivity contribution in [1.82, 2.24) is 5.32 Å². The van der Waals surface area contributed by atoms with Crippen molar-refractivity contribution in [2.75, 3.05) is 13.2 Å². The molecule has 350 valence electrons. The summed E-state index contributed by atoms with van der Waals surface area (Å²) in [6.45, 7) is 3.40. The molecule has 0 aromatic heterocycles. The summed E-state index contributed by atoms with van der Waals surface area (Å²) in [5.41, 5.74) is 0. The Bertz CT molecular complexity index is 1110. The number of hydrogen-bond donors (Lipinski definition) is 6. The van der Waals surface area contributed by atoms with Gasteiger partial charge in [-0.15, -0.1) is 0 Å². The Hall–Kier alpha value is -1.16. The van der Waals surface area contributed by atoms with Crippen molar-refractivity contribution >= 4 is 16.3 Å². The Morgan fingerprint density at radius 2 is 1.07 bits per heavy atom. The minimum atomic E-state index is -5.08. The average molecular weight is 864 g/mol. The van der Waals surface area contributed by atoms with Crippen molar-refractivity contribution in [3.05, 3.63) is 12.2 Å². The number of carbonyl (C=O) groups is 1. The lowest BCUT2D eigenvalue weighted by atomic mass is 9.99. The standard InChI is InChI=1S/C46H89NO11S/c1-3-5-7-9-11-13-15-17-19-20-21-22-23-25-27-29-31-33-35-40(49)39(38-56-46-44(52)45(58-59(53,54)55)43(51)41(37-48)57-46)47-42(50)36-34-32-30-28-26-24-18-16-14-12-10-8-6-4-2/h33,35,39-41,43-46,48-49,51-52H,3-32,34,36-38H2,1-2H3,(H,47,50)(H,53,54,55)/b35-33+. The highest BCUT2D eigenvalue weighted by Gasteiger charge is 2.48. The van der Waals surface area contributed by atoms with E-state index in [-0.39, 0.29) is 18.9 Å². The molecular formula is C46H89NO11S. The van der Waals surface area contributed by atoms with Crippen LogP contribution in [0.5, 0.6) is 0 Å². The summed E-state index contributed by atoms with van der Waals surface area (Å²) in [5, 5.41) is 44.7. The van der Waals surface area contributed by atoms with Gasteiger partial charge in [0.2, 0.25) is 5.91 Å². The lowest BCUT2D eigenvalue weighted by Crippen LogP contribution is -2.61. The molecule has 1 fully saturated rings. The van der Waals surface area contributed by atoms with Crippen LogP contribution < -0.4 is 5.32 Å². The highest BCUT2D eigenvalue weighted by molar-refractivity contribution is 7.80. The fourth-order valence-corrected chi connectivity index (χ4v) is 8.32. The van der Waals surface area contributed by atoms with Crippen LogP contribution in [0.15, 0.2) is 12.2 Å². The van der Waals surface area contributed by atoms with E-state index in [1.807, 2.05) is 6.08 Å². The van der Waals surface area contributed by atoms with Gasteiger partial charge in [-0.25, -0.2) is 4.18 Å². The molecule has 0 radical (unpaired) electrons. The van der Waals surface area contributed by atoms with Crippen molar-refractivity contribution in [2.24, 2.45) is 0 Å². The third-order valence-corrected chi connectivity index (χ3v) is 12.0. The first kappa shape index (κ1) is 55.9. The van der Waals surface area contributed by atoms with Crippen LogP contribution in [-0.4, -0.2) is 95.4 Å². The molecule has 13 heteroatoms. The quantitative estimate of drug-likeness (QED) is 0.0195. The Balaban J connectivity index is 2.50. The molecule has 1 aliphatic heterocycles. The molecule has 7 atom stereocenters. The van der Waals surface area contributed by atoms with Crippen LogP contribution >= 0.6 is 0 Å². The molecule has 1 rings (SSSR count). The molecule has 0 bridgehead atoms. The summed E-state index contributed by atoms with van der Waals surface area (Å²) in [5.74, 6) is -0.260. The smallest absolute Gasteiger partial charge is 0.394 e. The molecular weight excluding hydrogens is 775 g/mol. The predicted octanol–water partition coefficient (Wildman–Crippen LogP) is 9.55. The molecule has 0 aromatic rings. The first-order chi connectivity index (χ1) is 28.5. The number of carbonyl (C=O) groups excluding carboxylic acids is 1. The fourth-order valence-electron chi connectivity index (χ4n) is 7.81. The average Bonchev–Trinajstić information content (AvgIpc) is 3.20. The van der Waals surface area contributed by atoms with Gasteiger partial charge in [-0.05, 0) is 19.3 Å². The number of aliphatic hydroxyl groups excluding tert-OH is 4. The van der Waals surface area contributed by atoms with Gasteiger partial charge < -0.3 is 35.2 Å². The van der Waals surface area contributed by atoms with Crippen molar-refractivity contribution < 1.29 is 51.8 Å². The third kappa shape index (κ3) is 30.5. The third-order valence-electron chi connectivity index (χ3n) is 11.6. The Labute approximate surface area is 360 Å². The maximum Gasteiger partial charge on any atom is 0.397 e. The van der Waals surface area contributed by atoms with Gasteiger partial charge in [0.05, 0.1) is 25.4 Å². The van der Waals surface area contributed by atoms with Crippen molar-refractivity contribution in [2.45, 2.75) is 262 Å². The van der Waals surface area contributed by atoms with E-state index in [1.165, 1.54) is 154 Å². The van der Waals surface area contributed by atoms with E-state index in [1.54, 1.807) is 6.08 Å². The summed E-state index contributed by atoms with van der Waals surface area (Å²) < 4.78 is 47.6. The number of allylic oxidation sites excluding steroid dienone is 1. The topological polar surface area (TPSA) is 192 Å². The highest BCUT2D eigenvalue weighted by Crippen LogP contribution is 2.26. The molecule has 1 amide bonds. The molecule has 1 heterocycles. The maximum absolute atomic E-state index is 13.0. The number of amides is 1. The van der Waals surface area contributed by atoms with Gasteiger partial charge in [-0.1, -0.05) is 206 Å². The molecule has 59 heavy (non-hydrogen) atoms. The minimum absolute atomic E-state index is 0.260. The Morgan fingerprint density at radius 3 is 1.47 bits per heavy atom. The second-order valence-electron chi connectivity index (χ2n) is 17.1. The summed E-state index contributed by atoms with van der Waals surface area (Å²) in [4.78, 5) is 13.0. The molecule has 6 N–H and O–H groups in total. The first-order valence-corrected chi connectivity index (χ1v) is 25.4. The monoisotopic (exact) mass is 864 g/mol. The number of hydrogen-bond acceptors (Lipinski definition) is 10. The SMILES string of the molecule is CCCCCCCCCCCCCCCCCC/C=C/C(O)C(COC1OC(CO)C(O)C(OS(=O)(=O)O)C1O)NC(=O)CCCCCCCCCCCCCCCC.